The lowest BCUT2D eigenvalue weighted by molar-refractivity contribution is 0.198. The van der Waals surface area contributed by atoms with E-state index in [2.05, 4.69) is 52.8 Å². The number of furan rings is 1. The average Bonchev–Trinajstić information content (AvgIpc) is 3.18. The minimum Gasteiger partial charge on any atom is -0.469 e. The van der Waals surface area contributed by atoms with E-state index < -0.39 is 0 Å². The molecule has 0 radical (unpaired) electrons. The molecule has 1 aliphatic heterocycles. The van der Waals surface area contributed by atoms with Crippen molar-refractivity contribution in [3.8, 4) is 0 Å². The van der Waals surface area contributed by atoms with Crippen LogP contribution in [-0.2, 0) is 13.0 Å². The first-order valence-electron chi connectivity index (χ1n) is 9.67. The number of hydrogen-bond acceptors (Lipinski definition) is 3. The first-order valence-corrected chi connectivity index (χ1v) is 9.67. The molecule has 1 fully saturated rings. The van der Waals surface area contributed by atoms with E-state index in [-0.39, 0.29) is 0 Å². The number of hydrogen-bond donors (Lipinski definition) is 2. The lowest BCUT2D eigenvalue weighted by Crippen LogP contribution is -2.48. The molecule has 0 amide bonds. The van der Waals surface area contributed by atoms with Crippen LogP contribution < -0.4 is 10.6 Å². The molecule has 140 valence electrons. The van der Waals surface area contributed by atoms with E-state index in [4.69, 9.17) is 9.41 Å². The fourth-order valence-electron chi connectivity index (χ4n) is 3.32. The Morgan fingerprint density at radius 1 is 1.15 bits per heavy atom. The Balaban J connectivity index is 1.43. The number of aliphatic imine (C=N–C) groups is 1. The molecule has 0 unspecified atom stereocenters. The Labute approximate surface area is 156 Å². The van der Waals surface area contributed by atoms with Gasteiger partial charge in [-0.1, -0.05) is 30.3 Å². The van der Waals surface area contributed by atoms with Crippen molar-refractivity contribution in [3.63, 3.8) is 0 Å². The second kappa shape index (κ2) is 10.0. The maximum absolute atomic E-state index is 5.37. The summed E-state index contributed by atoms with van der Waals surface area (Å²) >= 11 is 0. The molecule has 5 heteroatoms. The molecule has 26 heavy (non-hydrogen) atoms. The van der Waals surface area contributed by atoms with Gasteiger partial charge in [0.25, 0.3) is 0 Å². The summed E-state index contributed by atoms with van der Waals surface area (Å²) in [5.41, 5.74) is 1.40. The predicted octanol–water partition coefficient (Wildman–Crippen LogP) is 3.04. The number of likely N-dealkylation sites (tertiary alicyclic amines) is 1. The number of guanidine groups is 1. The lowest BCUT2D eigenvalue weighted by atomic mass is 10.0. The molecule has 5 nitrogen and oxygen atoms in total. The molecule has 0 saturated carbocycles. The van der Waals surface area contributed by atoms with E-state index in [1.807, 2.05) is 12.1 Å². The van der Waals surface area contributed by atoms with Crippen LogP contribution in [-0.4, -0.2) is 43.1 Å². The second-order valence-corrected chi connectivity index (χ2v) is 6.77. The van der Waals surface area contributed by atoms with Crippen LogP contribution in [0.25, 0.3) is 0 Å². The van der Waals surface area contributed by atoms with Crippen molar-refractivity contribution in [2.24, 2.45) is 4.99 Å². The summed E-state index contributed by atoms with van der Waals surface area (Å²) in [5.74, 6) is 1.90. The highest BCUT2D eigenvalue weighted by atomic mass is 16.3. The van der Waals surface area contributed by atoms with E-state index in [0.29, 0.717) is 6.04 Å². The molecule has 2 N–H and O–H groups in total. The SMILES string of the molecule is CCNC(=NCCc1ccco1)NC1CCN(Cc2ccccc2)CC1. The van der Waals surface area contributed by atoms with Gasteiger partial charge in [0.05, 0.1) is 6.26 Å². The summed E-state index contributed by atoms with van der Waals surface area (Å²) in [7, 11) is 0. The molecule has 0 atom stereocenters. The smallest absolute Gasteiger partial charge is 0.191 e. The zero-order chi connectivity index (χ0) is 18.0. The minimum atomic E-state index is 0.489. The monoisotopic (exact) mass is 354 g/mol. The maximum atomic E-state index is 5.37. The Morgan fingerprint density at radius 2 is 1.96 bits per heavy atom. The fourth-order valence-corrected chi connectivity index (χ4v) is 3.32. The first-order chi connectivity index (χ1) is 12.8. The summed E-state index contributed by atoms with van der Waals surface area (Å²) in [5, 5.41) is 6.96. The normalized spacial score (nSPS) is 16.6. The molecule has 0 aliphatic carbocycles. The van der Waals surface area contributed by atoms with Gasteiger partial charge in [-0.2, -0.15) is 0 Å². The van der Waals surface area contributed by atoms with Gasteiger partial charge in [0, 0.05) is 45.2 Å². The van der Waals surface area contributed by atoms with Crippen molar-refractivity contribution < 1.29 is 4.42 Å². The highest BCUT2D eigenvalue weighted by Gasteiger charge is 2.19. The summed E-state index contributed by atoms with van der Waals surface area (Å²) in [6.45, 7) is 7.00. The van der Waals surface area contributed by atoms with E-state index >= 15 is 0 Å². The molecular weight excluding hydrogens is 324 g/mol. The fraction of sp³-hybridized carbons (Fsp3) is 0.476. The third-order valence-electron chi connectivity index (χ3n) is 4.73. The summed E-state index contributed by atoms with van der Waals surface area (Å²) in [6, 6.07) is 15.1. The number of piperidine rings is 1. The van der Waals surface area contributed by atoms with Crippen LogP contribution >= 0.6 is 0 Å². The first kappa shape index (κ1) is 18.5. The number of nitrogens with zero attached hydrogens (tertiary/aromatic N) is 2. The van der Waals surface area contributed by atoms with Gasteiger partial charge < -0.3 is 15.1 Å². The standard InChI is InChI=1S/C21H30N4O/c1-2-22-21(23-13-10-20-9-6-16-26-20)24-19-11-14-25(15-12-19)17-18-7-4-3-5-8-18/h3-9,16,19H,2,10-15,17H2,1H3,(H2,22,23,24). The topological polar surface area (TPSA) is 52.8 Å². The van der Waals surface area contributed by atoms with Gasteiger partial charge in [0.15, 0.2) is 5.96 Å². The van der Waals surface area contributed by atoms with Crippen molar-refractivity contribution in [1.82, 2.24) is 15.5 Å². The van der Waals surface area contributed by atoms with Gasteiger partial charge in [-0.25, -0.2) is 0 Å². The van der Waals surface area contributed by atoms with Gasteiger partial charge in [0.2, 0.25) is 0 Å². The molecule has 2 heterocycles. The molecule has 1 saturated heterocycles. The van der Waals surface area contributed by atoms with E-state index in [1.165, 1.54) is 5.56 Å². The van der Waals surface area contributed by atoms with Crippen molar-refractivity contribution in [3.05, 3.63) is 60.1 Å². The van der Waals surface area contributed by atoms with Crippen molar-refractivity contribution >= 4 is 5.96 Å². The molecule has 0 spiro atoms. The van der Waals surface area contributed by atoms with Crippen LogP contribution in [0.4, 0.5) is 0 Å². The maximum Gasteiger partial charge on any atom is 0.191 e. The van der Waals surface area contributed by atoms with Crippen molar-refractivity contribution in [2.75, 3.05) is 26.2 Å². The Kier molecular flexibility index (Phi) is 7.14. The quantitative estimate of drug-likeness (QED) is 0.593. The van der Waals surface area contributed by atoms with Crippen LogP contribution in [0, 0.1) is 0 Å². The van der Waals surface area contributed by atoms with Crippen LogP contribution in [0.5, 0.6) is 0 Å². The zero-order valence-corrected chi connectivity index (χ0v) is 15.7. The van der Waals surface area contributed by atoms with E-state index in [9.17, 15) is 0 Å². The Bertz CT molecular complexity index is 646. The molecule has 1 aliphatic rings. The van der Waals surface area contributed by atoms with Crippen LogP contribution in [0.1, 0.15) is 31.1 Å². The summed E-state index contributed by atoms with van der Waals surface area (Å²) in [4.78, 5) is 7.23. The molecular formula is C21H30N4O. The van der Waals surface area contributed by atoms with Gasteiger partial charge >= 0.3 is 0 Å². The van der Waals surface area contributed by atoms with Gasteiger partial charge in [-0.05, 0) is 37.5 Å². The van der Waals surface area contributed by atoms with Crippen LogP contribution in [0.3, 0.4) is 0 Å². The summed E-state index contributed by atoms with van der Waals surface area (Å²) in [6.07, 6.45) is 4.84. The molecule has 2 aromatic rings. The predicted molar refractivity (Wildman–Crippen MR) is 106 cm³/mol. The van der Waals surface area contributed by atoms with E-state index in [1.54, 1.807) is 6.26 Å². The Morgan fingerprint density at radius 3 is 2.65 bits per heavy atom. The summed E-state index contributed by atoms with van der Waals surface area (Å²) < 4.78 is 5.37. The van der Waals surface area contributed by atoms with Crippen LogP contribution in [0.15, 0.2) is 58.1 Å². The van der Waals surface area contributed by atoms with Gasteiger partial charge in [-0.15, -0.1) is 0 Å². The molecule has 3 rings (SSSR count). The van der Waals surface area contributed by atoms with Crippen molar-refractivity contribution in [1.29, 1.82) is 0 Å². The lowest BCUT2D eigenvalue weighted by Gasteiger charge is -2.33. The average molecular weight is 354 g/mol. The molecule has 1 aromatic heterocycles. The number of nitrogens with one attached hydrogen (secondary N) is 2. The number of benzene rings is 1. The molecule has 1 aromatic carbocycles. The highest BCUT2D eigenvalue weighted by molar-refractivity contribution is 5.80. The third kappa shape index (κ3) is 5.92. The third-order valence-corrected chi connectivity index (χ3v) is 4.73. The van der Waals surface area contributed by atoms with Crippen LogP contribution in [0.2, 0.25) is 0 Å². The second-order valence-electron chi connectivity index (χ2n) is 6.77. The van der Waals surface area contributed by atoms with E-state index in [0.717, 1.165) is 63.7 Å². The van der Waals surface area contributed by atoms with Gasteiger partial charge in [0.1, 0.15) is 5.76 Å². The Hall–Kier alpha value is -2.27. The largest absolute Gasteiger partial charge is 0.469 e. The zero-order valence-electron chi connectivity index (χ0n) is 15.7. The molecule has 0 bridgehead atoms. The van der Waals surface area contributed by atoms with Gasteiger partial charge in [-0.3, -0.25) is 9.89 Å². The highest BCUT2D eigenvalue weighted by Crippen LogP contribution is 2.13. The minimum absolute atomic E-state index is 0.489. The number of rotatable bonds is 7. The van der Waals surface area contributed by atoms with Crippen molar-refractivity contribution in [2.45, 2.75) is 38.8 Å².